The summed E-state index contributed by atoms with van der Waals surface area (Å²) in [5.74, 6) is 1.68. The zero-order valence-electron chi connectivity index (χ0n) is 12.7. The molecule has 106 valence electrons. The second-order valence-corrected chi connectivity index (χ2v) is 8.31. The molecule has 0 bridgehead atoms. The molecule has 3 atom stereocenters. The molecule has 0 spiro atoms. The van der Waals surface area contributed by atoms with Gasteiger partial charge in [0.2, 0.25) is 0 Å². The minimum absolute atomic E-state index is 0.375. The first kappa shape index (κ1) is 15.1. The lowest BCUT2D eigenvalue weighted by Gasteiger charge is -2.42. The third kappa shape index (κ3) is 3.62. The van der Waals surface area contributed by atoms with Gasteiger partial charge in [0, 0.05) is 4.83 Å². The first-order chi connectivity index (χ1) is 8.90. The summed E-state index contributed by atoms with van der Waals surface area (Å²) < 4.78 is 0. The maximum atomic E-state index is 3.96. The van der Waals surface area contributed by atoms with Crippen LogP contribution in [0.25, 0.3) is 0 Å². The minimum Gasteiger partial charge on any atom is -0.0887 e. The zero-order valence-corrected chi connectivity index (χ0v) is 14.3. The molecule has 0 heterocycles. The Hall–Kier alpha value is -0.300. The highest BCUT2D eigenvalue weighted by Gasteiger charge is 2.37. The Kier molecular flexibility index (Phi) is 4.76. The summed E-state index contributed by atoms with van der Waals surface area (Å²) in [4.78, 5) is 0.690. The third-order valence-corrected chi connectivity index (χ3v) is 5.96. The molecule has 0 aromatic heterocycles. The van der Waals surface area contributed by atoms with E-state index in [1.165, 1.54) is 36.8 Å². The van der Waals surface area contributed by atoms with E-state index < -0.39 is 0 Å². The average Bonchev–Trinajstić information content (AvgIpc) is 2.31. The molecule has 2 rings (SSSR count). The van der Waals surface area contributed by atoms with Crippen LogP contribution in [0.4, 0.5) is 0 Å². The Balaban J connectivity index is 2.12. The van der Waals surface area contributed by atoms with Crippen molar-refractivity contribution in [1.82, 2.24) is 0 Å². The first-order valence-corrected chi connectivity index (χ1v) is 8.50. The second kappa shape index (κ2) is 5.99. The zero-order chi connectivity index (χ0) is 14.0. The summed E-state index contributed by atoms with van der Waals surface area (Å²) in [6.45, 7) is 9.53. The van der Waals surface area contributed by atoms with Crippen molar-refractivity contribution in [3.63, 3.8) is 0 Å². The molecule has 0 radical (unpaired) electrons. The number of hydrogen-bond donors (Lipinski definition) is 0. The van der Waals surface area contributed by atoms with E-state index >= 15 is 0 Å². The van der Waals surface area contributed by atoms with E-state index in [1.807, 2.05) is 0 Å². The number of aryl methyl sites for hydroxylation is 1. The molecule has 1 saturated carbocycles. The van der Waals surface area contributed by atoms with Crippen LogP contribution in [-0.4, -0.2) is 4.83 Å². The standard InChI is InChI=1S/C18H27Br/c1-13-9-10-16(17(19)11-13)18(3,4)12-15-8-6-5-7-14(15)2/h5-8,13,16-17H,9-12H2,1-4H3. The predicted molar refractivity (Wildman–Crippen MR) is 87.9 cm³/mol. The summed E-state index contributed by atoms with van der Waals surface area (Å²) in [5, 5.41) is 0. The van der Waals surface area contributed by atoms with Gasteiger partial charge < -0.3 is 0 Å². The fourth-order valence-corrected chi connectivity index (χ4v) is 5.24. The first-order valence-electron chi connectivity index (χ1n) is 7.59. The minimum atomic E-state index is 0.375. The van der Waals surface area contributed by atoms with Crippen LogP contribution in [0.15, 0.2) is 24.3 Å². The summed E-state index contributed by atoms with van der Waals surface area (Å²) in [6, 6.07) is 8.85. The van der Waals surface area contributed by atoms with E-state index in [0.29, 0.717) is 10.2 Å². The van der Waals surface area contributed by atoms with Crippen LogP contribution in [0.3, 0.4) is 0 Å². The van der Waals surface area contributed by atoms with Crippen LogP contribution in [-0.2, 0) is 6.42 Å². The molecule has 0 amide bonds. The molecule has 1 aliphatic carbocycles. The molecule has 0 N–H and O–H groups in total. The van der Waals surface area contributed by atoms with Gasteiger partial charge in [-0.15, -0.1) is 0 Å². The van der Waals surface area contributed by atoms with Gasteiger partial charge in [0.05, 0.1) is 0 Å². The van der Waals surface area contributed by atoms with Crippen molar-refractivity contribution in [1.29, 1.82) is 0 Å². The van der Waals surface area contributed by atoms with Crippen molar-refractivity contribution in [3.05, 3.63) is 35.4 Å². The van der Waals surface area contributed by atoms with E-state index in [9.17, 15) is 0 Å². The van der Waals surface area contributed by atoms with Gasteiger partial charge in [-0.2, -0.15) is 0 Å². The molecule has 3 unspecified atom stereocenters. The normalized spacial score (nSPS) is 28.4. The molecule has 1 heteroatoms. The van der Waals surface area contributed by atoms with Crippen molar-refractivity contribution in [2.24, 2.45) is 17.3 Å². The number of benzene rings is 1. The quantitative estimate of drug-likeness (QED) is 0.620. The van der Waals surface area contributed by atoms with Crippen molar-refractivity contribution in [2.45, 2.75) is 58.2 Å². The smallest absolute Gasteiger partial charge is 0.0181 e. The molecule has 1 aromatic rings. The van der Waals surface area contributed by atoms with Crippen LogP contribution in [0.2, 0.25) is 0 Å². The SMILES string of the molecule is Cc1ccccc1CC(C)(C)C1CCC(C)CC1Br. The Bertz CT molecular complexity index is 421. The fraction of sp³-hybridized carbons (Fsp3) is 0.667. The summed E-state index contributed by atoms with van der Waals surface area (Å²) >= 11 is 3.96. The monoisotopic (exact) mass is 322 g/mol. The summed E-state index contributed by atoms with van der Waals surface area (Å²) in [6.07, 6.45) is 5.29. The highest BCUT2D eigenvalue weighted by molar-refractivity contribution is 9.09. The fourth-order valence-electron chi connectivity index (χ4n) is 3.62. The van der Waals surface area contributed by atoms with E-state index in [1.54, 1.807) is 0 Å². The van der Waals surface area contributed by atoms with Gasteiger partial charge in [0.15, 0.2) is 0 Å². The maximum absolute atomic E-state index is 3.96. The van der Waals surface area contributed by atoms with Gasteiger partial charge in [-0.3, -0.25) is 0 Å². The second-order valence-electron chi connectivity index (χ2n) is 7.13. The molecular weight excluding hydrogens is 296 g/mol. The Morgan fingerprint density at radius 3 is 2.53 bits per heavy atom. The highest BCUT2D eigenvalue weighted by Crippen LogP contribution is 2.45. The van der Waals surface area contributed by atoms with Crippen LogP contribution in [0.5, 0.6) is 0 Å². The van der Waals surface area contributed by atoms with E-state index in [2.05, 4.69) is 67.9 Å². The van der Waals surface area contributed by atoms with Crippen molar-refractivity contribution < 1.29 is 0 Å². The highest BCUT2D eigenvalue weighted by atomic mass is 79.9. The van der Waals surface area contributed by atoms with Crippen LogP contribution < -0.4 is 0 Å². The lowest BCUT2D eigenvalue weighted by Crippen LogP contribution is -2.37. The Morgan fingerprint density at radius 2 is 1.89 bits per heavy atom. The van der Waals surface area contributed by atoms with E-state index in [4.69, 9.17) is 0 Å². The van der Waals surface area contributed by atoms with Gasteiger partial charge in [0.1, 0.15) is 0 Å². The van der Waals surface area contributed by atoms with Crippen molar-refractivity contribution in [2.75, 3.05) is 0 Å². The van der Waals surface area contributed by atoms with Crippen molar-refractivity contribution in [3.8, 4) is 0 Å². The van der Waals surface area contributed by atoms with Crippen LogP contribution in [0.1, 0.15) is 51.2 Å². The van der Waals surface area contributed by atoms with Crippen molar-refractivity contribution >= 4 is 15.9 Å². The summed E-state index contributed by atoms with van der Waals surface area (Å²) in [5.41, 5.74) is 3.33. The predicted octanol–water partition coefficient (Wildman–Crippen LogP) is 5.76. The number of halogens is 1. The molecule has 0 saturated heterocycles. The van der Waals surface area contributed by atoms with Crippen LogP contribution in [0, 0.1) is 24.2 Å². The largest absolute Gasteiger partial charge is 0.0887 e. The Morgan fingerprint density at radius 1 is 1.21 bits per heavy atom. The molecule has 0 aliphatic heterocycles. The number of hydrogen-bond acceptors (Lipinski definition) is 0. The third-order valence-electron chi connectivity index (χ3n) is 4.95. The Labute approximate surface area is 127 Å². The molecule has 1 aromatic carbocycles. The molecule has 19 heavy (non-hydrogen) atoms. The van der Waals surface area contributed by atoms with E-state index in [0.717, 1.165) is 11.8 Å². The maximum Gasteiger partial charge on any atom is 0.0181 e. The molecule has 1 aliphatic rings. The van der Waals surface area contributed by atoms with Gasteiger partial charge in [-0.05, 0) is 54.6 Å². The lowest BCUT2D eigenvalue weighted by atomic mass is 9.66. The molecular formula is C18H27Br. The van der Waals surface area contributed by atoms with Gasteiger partial charge in [0.25, 0.3) is 0 Å². The van der Waals surface area contributed by atoms with E-state index in [-0.39, 0.29) is 0 Å². The lowest BCUT2D eigenvalue weighted by molar-refractivity contribution is 0.147. The number of alkyl halides is 1. The van der Waals surface area contributed by atoms with Gasteiger partial charge in [-0.25, -0.2) is 0 Å². The topological polar surface area (TPSA) is 0 Å². The summed E-state index contributed by atoms with van der Waals surface area (Å²) in [7, 11) is 0. The molecule has 1 fully saturated rings. The number of rotatable bonds is 3. The van der Waals surface area contributed by atoms with Gasteiger partial charge in [-0.1, -0.05) is 67.4 Å². The van der Waals surface area contributed by atoms with Crippen LogP contribution >= 0.6 is 15.9 Å². The molecule has 0 nitrogen and oxygen atoms in total. The average molecular weight is 323 g/mol. The van der Waals surface area contributed by atoms with Gasteiger partial charge >= 0.3 is 0 Å².